The van der Waals surface area contributed by atoms with Gasteiger partial charge in [-0.15, -0.1) is 0 Å². The van der Waals surface area contributed by atoms with Crippen LogP contribution in [0.1, 0.15) is 24.0 Å². The van der Waals surface area contributed by atoms with Crippen LogP contribution < -0.4 is 10.2 Å². The minimum Gasteiger partial charge on any atom is -0.493 e. The van der Waals surface area contributed by atoms with E-state index in [0.29, 0.717) is 24.5 Å². The molecule has 2 aromatic carbocycles. The van der Waals surface area contributed by atoms with Crippen molar-refractivity contribution in [2.24, 2.45) is 5.10 Å². The van der Waals surface area contributed by atoms with E-state index in [0.717, 1.165) is 21.3 Å². The van der Waals surface area contributed by atoms with Gasteiger partial charge in [0.25, 0.3) is 0 Å². The van der Waals surface area contributed by atoms with Crippen molar-refractivity contribution in [3.05, 3.63) is 63.1 Å². The number of carbonyl (C=O) groups excluding carboxylic acids is 1. The zero-order valence-corrected chi connectivity index (χ0v) is 15.6. The summed E-state index contributed by atoms with van der Waals surface area (Å²) in [5.74, 6) is 0.646. The lowest BCUT2D eigenvalue weighted by atomic mass is 10.2. The smallest absolute Gasteiger partial charge is 0.240 e. The summed E-state index contributed by atoms with van der Waals surface area (Å²) in [6, 6.07) is 13.1. The number of benzene rings is 2. The van der Waals surface area contributed by atoms with Gasteiger partial charge in [-0.2, -0.15) is 5.10 Å². The molecule has 0 spiro atoms. The molecule has 0 fully saturated rings. The first-order valence-corrected chi connectivity index (χ1v) is 8.68. The Balaban J connectivity index is 1.67. The van der Waals surface area contributed by atoms with Crippen LogP contribution in [0.4, 0.5) is 0 Å². The first-order valence-electron chi connectivity index (χ1n) is 7.51. The van der Waals surface area contributed by atoms with Gasteiger partial charge in [0.1, 0.15) is 5.75 Å². The maximum atomic E-state index is 11.7. The molecule has 0 aliphatic heterocycles. The summed E-state index contributed by atoms with van der Waals surface area (Å²) in [7, 11) is 0. The molecule has 0 unspecified atom stereocenters. The average Bonchev–Trinajstić information content (AvgIpc) is 2.55. The van der Waals surface area contributed by atoms with Gasteiger partial charge in [0.15, 0.2) is 0 Å². The van der Waals surface area contributed by atoms with E-state index in [1.165, 1.54) is 0 Å². The number of amides is 1. The number of halogens is 2. The minimum absolute atomic E-state index is 0.139. The quantitative estimate of drug-likeness (QED) is 0.409. The second-order valence-electron chi connectivity index (χ2n) is 5.21. The van der Waals surface area contributed by atoms with Crippen molar-refractivity contribution in [3.63, 3.8) is 0 Å². The number of carbonyl (C=O) groups is 1. The van der Waals surface area contributed by atoms with E-state index in [1.807, 2.05) is 43.3 Å². The molecule has 6 heteroatoms. The molecule has 0 saturated heterocycles. The lowest BCUT2D eigenvalue weighted by Crippen LogP contribution is -2.18. The van der Waals surface area contributed by atoms with Gasteiger partial charge in [-0.1, -0.05) is 39.7 Å². The van der Waals surface area contributed by atoms with Crippen LogP contribution in [0.15, 0.2) is 52.0 Å². The van der Waals surface area contributed by atoms with Gasteiger partial charge in [-0.3, -0.25) is 4.79 Å². The van der Waals surface area contributed by atoms with Crippen LogP contribution in [-0.4, -0.2) is 18.7 Å². The fourth-order valence-corrected chi connectivity index (χ4v) is 2.46. The van der Waals surface area contributed by atoms with Crippen molar-refractivity contribution in [1.29, 1.82) is 0 Å². The molecule has 0 aromatic heterocycles. The molecule has 0 saturated carbocycles. The van der Waals surface area contributed by atoms with E-state index < -0.39 is 0 Å². The van der Waals surface area contributed by atoms with Gasteiger partial charge >= 0.3 is 0 Å². The topological polar surface area (TPSA) is 50.7 Å². The van der Waals surface area contributed by atoms with Gasteiger partial charge in [0.2, 0.25) is 5.91 Å². The second-order valence-corrected chi connectivity index (χ2v) is 6.56. The molecule has 0 aliphatic carbocycles. The molecule has 126 valence electrons. The molecule has 0 bridgehead atoms. The first-order chi connectivity index (χ1) is 11.5. The van der Waals surface area contributed by atoms with Crippen LogP contribution in [0.5, 0.6) is 5.75 Å². The number of ether oxygens (including phenoxy) is 1. The van der Waals surface area contributed by atoms with Crippen LogP contribution in [0.2, 0.25) is 5.02 Å². The van der Waals surface area contributed by atoms with E-state index in [9.17, 15) is 4.79 Å². The van der Waals surface area contributed by atoms with E-state index in [4.69, 9.17) is 16.3 Å². The predicted octanol–water partition coefficient (Wildman–Crippen LogP) is 4.72. The summed E-state index contributed by atoms with van der Waals surface area (Å²) >= 11 is 9.26. The number of rotatable bonds is 7. The largest absolute Gasteiger partial charge is 0.493 e. The lowest BCUT2D eigenvalue weighted by molar-refractivity contribution is -0.121. The van der Waals surface area contributed by atoms with Crippen molar-refractivity contribution < 1.29 is 9.53 Å². The zero-order chi connectivity index (χ0) is 17.4. The van der Waals surface area contributed by atoms with Gasteiger partial charge in [-0.05, 0) is 54.8 Å². The Bertz CT molecular complexity index is 717. The molecule has 2 aromatic rings. The number of hydrazone groups is 1. The van der Waals surface area contributed by atoms with Crippen molar-refractivity contribution in [3.8, 4) is 5.75 Å². The third kappa shape index (κ3) is 6.34. The fourth-order valence-electron chi connectivity index (χ4n) is 1.97. The number of nitrogens with zero attached hydrogens (tertiary/aromatic N) is 1. The van der Waals surface area contributed by atoms with Gasteiger partial charge in [0, 0.05) is 15.9 Å². The van der Waals surface area contributed by atoms with E-state index in [2.05, 4.69) is 26.5 Å². The van der Waals surface area contributed by atoms with Gasteiger partial charge in [0.05, 0.1) is 12.8 Å². The third-order valence-corrected chi connectivity index (χ3v) is 3.98. The Labute approximate surface area is 155 Å². The Hall–Kier alpha value is -1.85. The molecular formula is C18H18BrClN2O2. The fraction of sp³-hybridized carbons (Fsp3) is 0.222. The number of aryl methyl sites for hydroxylation is 1. The zero-order valence-electron chi connectivity index (χ0n) is 13.3. The number of hydrogen-bond acceptors (Lipinski definition) is 3. The maximum Gasteiger partial charge on any atom is 0.240 e. The van der Waals surface area contributed by atoms with Gasteiger partial charge < -0.3 is 4.74 Å². The summed E-state index contributed by atoms with van der Waals surface area (Å²) < 4.78 is 6.65. The Morgan fingerprint density at radius 1 is 1.29 bits per heavy atom. The molecule has 24 heavy (non-hydrogen) atoms. The van der Waals surface area contributed by atoms with Crippen LogP contribution in [0, 0.1) is 6.92 Å². The summed E-state index contributed by atoms with van der Waals surface area (Å²) in [6.07, 6.45) is 2.57. The van der Waals surface area contributed by atoms with Crippen molar-refractivity contribution in [2.45, 2.75) is 19.8 Å². The number of hydrogen-bond donors (Lipinski definition) is 1. The van der Waals surface area contributed by atoms with Gasteiger partial charge in [-0.25, -0.2) is 5.43 Å². The van der Waals surface area contributed by atoms with Crippen molar-refractivity contribution in [1.82, 2.24) is 5.43 Å². The summed E-state index contributed by atoms with van der Waals surface area (Å²) in [5.41, 5.74) is 4.40. The molecule has 0 atom stereocenters. The highest BCUT2D eigenvalue weighted by atomic mass is 79.9. The highest BCUT2D eigenvalue weighted by Gasteiger charge is 2.02. The Kier molecular flexibility index (Phi) is 7.28. The number of nitrogens with one attached hydrogen (secondary N) is 1. The summed E-state index contributed by atoms with van der Waals surface area (Å²) in [5, 5.41) is 4.62. The van der Waals surface area contributed by atoms with Crippen LogP contribution >= 0.6 is 27.5 Å². The first kappa shape index (κ1) is 18.5. The molecule has 1 N–H and O–H groups in total. The monoisotopic (exact) mass is 408 g/mol. The standard InChI is InChI=1S/C18H18BrClN2O2/c1-13-11-16(20)8-9-17(13)24-10-2-3-18(23)22-21-12-14-4-6-15(19)7-5-14/h4-9,11-12H,2-3,10H2,1H3,(H,22,23)/b21-12+. The second kappa shape index (κ2) is 9.45. The Morgan fingerprint density at radius 2 is 2.04 bits per heavy atom. The predicted molar refractivity (Wildman–Crippen MR) is 101 cm³/mol. The summed E-state index contributed by atoms with van der Waals surface area (Å²) in [6.45, 7) is 2.40. The molecular weight excluding hydrogens is 392 g/mol. The normalized spacial score (nSPS) is 10.8. The highest BCUT2D eigenvalue weighted by Crippen LogP contribution is 2.21. The lowest BCUT2D eigenvalue weighted by Gasteiger charge is -2.08. The molecule has 2 rings (SSSR count). The molecule has 4 nitrogen and oxygen atoms in total. The van der Waals surface area contributed by atoms with E-state index in [-0.39, 0.29) is 5.91 Å². The molecule has 0 aliphatic rings. The maximum absolute atomic E-state index is 11.7. The molecule has 1 amide bonds. The van der Waals surface area contributed by atoms with E-state index in [1.54, 1.807) is 12.3 Å². The third-order valence-electron chi connectivity index (χ3n) is 3.22. The Morgan fingerprint density at radius 3 is 2.75 bits per heavy atom. The van der Waals surface area contributed by atoms with Crippen LogP contribution in [0.3, 0.4) is 0 Å². The van der Waals surface area contributed by atoms with Crippen LogP contribution in [-0.2, 0) is 4.79 Å². The van der Waals surface area contributed by atoms with E-state index >= 15 is 0 Å². The SMILES string of the molecule is Cc1cc(Cl)ccc1OCCCC(=O)N/N=C/c1ccc(Br)cc1. The van der Waals surface area contributed by atoms with Crippen molar-refractivity contribution >= 4 is 39.7 Å². The minimum atomic E-state index is -0.139. The van der Waals surface area contributed by atoms with Crippen molar-refractivity contribution in [2.75, 3.05) is 6.61 Å². The molecule has 0 heterocycles. The average molecular weight is 410 g/mol. The summed E-state index contributed by atoms with van der Waals surface area (Å²) in [4.78, 5) is 11.7. The molecule has 0 radical (unpaired) electrons. The highest BCUT2D eigenvalue weighted by molar-refractivity contribution is 9.10. The van der Waals surface area contributed by atoms with Crippen LogP contribution in [0.25, 0.3) is 0 Å².